The third kappa shape index (κ3) is 5.53. The van der Waals surface area contributed by atoms with Gasteiger partial charge in [-0.15, -0.1) is 0 Å². The Morgan fingerprint density at radius 2 is 1.57 bits per heavy atom. The molecule has 7 rings (SSSR count). The summed E-state index contributed by atoms with van der Waals surface area (Å²) in [5.74, 6) is -1.94. The van der Waals surface area contributed by atoms with Crippen LogP contribution in [0.2, 0.25) is 5.02 Å². The molecular weight excluding hydrogens is 623 g/mol. The van der Waals surface area contributed by atoms with Gasteiger partial charge < -0.3 is 4.90 Å². The van der Waals surface area contributed by atoms with Crippen LogP contribution in [0.15, 0.2) is 48.7 Å². The van der Waals surface area contributed by atoms with Crippen LogP contribution in [0.3, 0.4) is 0 Å². The number of aromatic nitrogens is 1. The number of anilines is 1. The summed E-state index contributed by atoms with van der Waals surface area (Å²) < 4.78 is 42.5. The van der Waals surface area contributed by atoms with Crippen LogP contribution in [0.4, 0.5) is 19.0 Å². The quantitative estimate of drug-likeness (QED) is 0.385. The van der Waals surface area contributed by atoms with Gasteiger partial charge in [0.05, 0.1) is 16.7 Å². The highest BCUT2D eigenvalue weighted by molar-refractivity contribution is 6.30. The molecule has 9 nitrogen and oxygen atoms in total. The van der Waals surface area contributed by atoms with Gasteiger partial charge in [-0.05, 0) is 72.2 Å². The highest BCUT2D eigenvalue weighted by Gasteiger charge is 2.45. The van der Waals surface area contributed by atoms with E-state index in [1.165, 1.54) is 6.20 Å². The van der Waals surface area contributed by atoms with E-state index in [0.717, 1.165) is 28.6 Å². The summed E-state index contributed by atoms with van der Waals surface area (Å²) in [6.45, 7) is 2.75. The van der Waals surface area contributed by atoms with E-state index in [2.05, 4.69) is 15.2 Å². The zero-order chi connectivity index (χ0) is 32.3. The third-order valence-electron chi connectivity index (χ3n) is 9.31. The lowest BCUT2D eigenvalue weighted by molar-refractivity contribution is -0.138. The smallest absolute Gasteiger partial charge is 0.356 e. The highest BCUT2D eigenvalue weighted by atomic mass is 35.5. The number of rotatable bonds is 5. The molecule has 46 heavy (non-hydrogen) atoms. The molecule has 238 valence electrons. The number of nitrogens with zero attached hydrogens (tertiary/aromatic N) is 4. The Morgan fingerprint density at radius 1 is 0.891 bits per heavy atom. The fourth-order valence-electron chi connectivity index (χ4n) is 7.00. The van der Waals surface area contributed by atoms with Gasteiger partial charge >= 0.3 is 6.18 Å². The van der Waals surface area contributed by atoms with Crippen LogP contribution in [0.1, 0.15) is 63.1 Å². The molecule has 4 amide bonds. The van der Waals surface area contributed by atoms with Gasteiger partial charge in [0.1, 0.15) is 11.9 Å². The third-order valence-corrected chi connectivity index (χ3v) is 9.54. The van der Waals surface area contributed by atoms with Crippen molar-refractivity contribution in [2.45, 2.75) is 51.0 Å². The number of fused-ring (bicyclic) bond motifs is 2. The predicted molar refractivity (Wildman–Crippen MR) is 162 cm³/mol. The Kier molecular flexibility index (Phi) is 7.59. The van der Waals surface area contributed by atoms with Gasteiger partial charge in [0.15, 0.2) is 0 Å². The second-order valence-electron chi connectivity index (χ2n) is 12.3. The number of benzene rings is 2. The molecule has 1 aromatic heterocycles. The van der Waals surface area contributed by atoms with Gasteiger partial charge in [-0.1, -0.05) is 23.7 Å². The van der Waals surface area contributed by atoms with Crippen molar-refractivity contribution in [3.63, 3.8) is 0 Å². The second-order valence-corrected chi connectivity index (χ2v) is 12.8. The van der Waals surface area contributed by atoms with Crippen molar-refractivity contribution in [2.75, 3.05) is 24.5 Å². The number of nitrogens with one attached hydrogen (secondary N) is 1. The van der Waals surface area contributed by atoms with Gasteiger partial charge in [0, 0.05) is 55.9 Å². The zero-order valence-corrected chi connectivity index (χ0v) is 25.3. The molecule has 1 atom stereocenters. The predicted octanol–water partition coefficient (Wildman–Crippen LogP) is 5.05. The monoisotopic (exact) mass is 651 g/mol. The zero-order valence-electron chi connectivity index (χ0n) is 24.6. The first-order valence-corrected chi connectivity index (χ1v) is 15.5. The maximum atomic E-state index is 14.2. The molecule has 3 aromatic rings. The van der Waals surface area contributed by atoms with E-state index in [0.29, 0.717) is 55.2 Å². The molecule has 13 heteroatoms. The fourth-order valence-corrected chi connectivity index (χ4v) is 7.19. The minimum atomic E-state index is -4.57. The Balaban J connectivity index is 0.996. The van der Waals surface area contributed by atoms with Crippen LogP contribution in [0.5, 0.6) is 0 Å². The standard InChI is InChI=1S/C33H29ClF3N5O4/c34-23-3-1-2-19(10-23)20-13-26(33(35,36)37)29(38-14-20)41-8-6-18(7-9-41)15-40-16-21-11-24-25(12-22(21)17-40)32(46)42(31(24)45)27-4-5-28(43)39-30(27)44/h1-3,10-14,18,27H,4-9,15-17H2,(H,39,43,44). The van der Waals surface area contributed by atoms with E-state index in [1.54, 1.807) is 41.3 Å². The van der Waals surface area contributed by atoms with Crippen molar-refractivity contribution in [2.24, 2.45) is 5.92 Å². The Hall–Kier alpha value is -4.29. The Bertz CT molecular complexity index is 1740. The van der Waals surface area contributed by atoms with Crippen molar-refractivity contribution in [1.82, 2.24) is 20.1 Å². The van der Waals surface area contributed by atoms with Crippen molar-refractivity contribution >= 4 is 41.0 Å². The number of hydrogen-bond donors (Lipinski definition) is 1. The van der Waals surface area contributed by atoms with E-state index in [1.807, 2.05) is 0 Å². The maximum absolute atomic E-state index is 14.2. The molecule has 0 saturated carbocycles. The van der Waals surface area contributed by atoms with Crippen LogP contribution in [0, 0.1) is 5.92 Å². The normalized spacial score (nSPS) is 20.7. The maximum Gasteiger partial charge on any atom is 0.419 e. The number of halogens is 4. The van der Waals surface area contributed by atoms with Crippen LogP contribution < -0.4 is 10.2 Å². The molecule has 0 radical (unpaired) electrons. The van der Waals surface area contributed by atoms with E-state index in [9.17, 15) is 32.3 Å². The van der Waals surface area contributed by atoms with Crippen molar-refractivity contribution in [3.05, 3.63) is 81.5 Å². The molecule has 0 bridgehead atoms. The molecule has 1 N–H and O–H groups in total. The van der Waals surface area contributed by atoms with Crippen LogP contribution in [-0.4, -0.2) is 64.1 Å². The first kappa shape index (κ1) is 30.4. The molecule has 2 fully saturated rings. The number of piperidine rings is 2. The molecule has 2 saturated heterocycles. The van der Waals surface area contributed by atoms with Gasteiger partial charge in [0.2, 0.25) is 11.8 Å². The Morgan fingerprint density at radius 3 is 2.17 bits per heavy atom. The van der Waals surface area contributed by atoms with E-state index in [-0.39, 0.29) is 35.7 Å². The number of alkyl halides is 3. The average molecular weight is 652 g/mol. The van der Waals surface area contributed by atoms with Gasteiger partial charge in [-0.2, -0.15) is 13.2 Å². The summed E-state index contributed by atoms with van der Waals surface area (Å²) in [7, 11) is 0. The molecule has 1 unspecified atom stereocenters. The number of carbonyl (C=O) groups excluding carboxylic acids is 4. The first-order valence-electron chi connectivity index (χ1n) is 15.1. The second kappa shape index (κ2) is 11.5. The van der Waals surface area contributed by atoms with E-state index >= 15 is 0 Å². The lowest BCUT2D eigenvalue weighted by Crippen LogP contribution is -2.54. The number of carbonyl (C=O) groups is 4. The fraction of sp³-hybridized carbons (Fsp3) is 0.364. The van der Waals surface area contributed by atoms with Crippen LogP contribution in [0.25, 0.3) is 11.1 Å². The summed E-state index contributed by atoms with van der Waals surface area (Å²) in [4.78, 5) is 59.5. The van der Waals surface area contributed by atoms with E-state index < -0.39 is 41.4 Å². The van der Waals surface area contributed by atoms with Crippen LogP contribution >= 0.6 is 11.6 Å². The van der Waals surface area contributed by atoms with Crippen molar-refractivity contribution in [3.8, 4) is 11.1 Å². The van der Waals surface area contributed by atoms with Gasteiger partial charge in [0.25, 0.3) is 11.8 Å². The van der Waals surface area contributed by atoms with E-state index in [4.69, 9.17) is 11.6 Å². The minimum Gasteiger partial charge on any atom is -0.356 e. The molecule has 4 aliphatic heterocycles. The summed E-state index contributed by atoms with van der Waals surface area (Å²) in [5.41, 5.74) is 2.53. The number of pyridine rings is 1. The lowest BCUT2D eigenvalue weighted by atomic mass is 9.95. The summed E-state index contributed by atoms with van der Waals surface area (Å²) in [6, 6.07) is 10.3. The molecule has 4 aliphatic rings. The lowest BCUT2D eigenvalue weighted by Gasteiger charge is -2.35. The summed E-state index contributed by atoms with van der Waals surface area (Å²) in [5, 5.41) is 2.64. The topological polar surface area (TPSA) is 103 Å². The molecule has 0 aliphatic carbocycles. The summed E-state index contributed by atoms with van der Waals surface area (Å²) in [6.07, 6.45) is -1.57. The largest absolute Gasteiger partial charge is 0.419 e. The number of imide groups is 2. The minimum absolute atomic E-state index is 0.0600. The van der Waals surface area contributed by atoms with Gasteiger partial charge in [-0.3, -0.25) is 34.3 Å². The first-order chi connectivity index (χ1) is 22.0. The summed E-state index contributed by atoms with van der Waals surface area (Å²) >= 11 is 6.05. The van der Waals surface area contributed by atoms with Gasteiger partial charge in [-0.25, -0.2) is 4.98 Å². The SMILES string of the molecule is O=C1CCC(N2C(=O)c3cc4c(cc3C2=O)CN(CC2CCN(c3ncc(-c5cccc(Cl)c5)cc3C(F)(F)F)CC2)C4)C(=O)N1. The molecule has 5 heterocycles. The van der Waals surface area contributed by atoms with Crippen molar-refractivity contribution < 1.29 is 32.3 Å². The molecular formula is C33H29ClF3N5O4. The van der Waals surface area contributed by atoms with Crippen LogP contribution in [-0.2, 0) is 28.9 Å². The Labute approximate surface area is 267 Å². The molecule has 0 spiro atoms. The number of amides is 4. The molecule has 2 aromatic carbocycles. The number of hydrogen-bond acceptors (Lipinski definition) is 7. The van der Waals surface area contributed by atoms with Crippen molar-refractivity contribution in [1.29, 1.82) is 0 Å². The average Bonchev–Trinajstić information content (AvgIpc) is 3.52. The highest BCUT2D eigenvalue weighted by Crippen LogP contribution is 2.40.